The quantitative estimate of drug-likeness (QED) is 0.391. The van der Waals surface area contributed by atoms with E-state index >= 15 is 0 Å². The first-order chi connectivity index (χ1) is 16.6. The highest BCUT2D eigenvalue weighted by atomic mass is 32.2. The molecule has 3 amide bonds. The molecule has 0 saturated heterocycles. The van der Waals surface area contributed by atoms with Crippen LogP contribution in [-0.4, -0.2) is 38.0 Å². The van der Waals surface area contributed by atoms with Gasteiger partial charge in [0.2, 0.25) is 0 Å². The summed E-state index contributed by atoms with van der Waals surface area (Å²) in [5.41, 5.74) is 2.26. The fourth-order valence-electron chi connectivity index (χ4n) is 3.61. The van der Waals surface area contributed by atoms with Gasteiger partial charge in [-0.25, -0.2) is 17.9 Å². The van der Waals surface area contributed by atoms with Gasteiger partial charge in [0.1, 0.15) is 5.56 Å². The molecule has 0 unspecified atom stereocenters. The molecule has 1 aromatic heterocycles. The third-order valence-electron chi connectivity index (χ3n) is 5.60. The Morgan fingerprint density at radius 3 is 2.37 bits per heavy atom. The van der Waals surface area contributed by atoms with E-state index in [-0.39, 0.29) is 22.6 Å². The van der Waals surface area contributed by atoms with E-state index in [0.717, 1.165) is 34.9 Å². The molecular weight excluding hydrogens is 468 g/mol. The fourth-order valence-corrected chi connectivity index (χ4v) is 4.54. The molecule has 35 heavy (non-hydrogen) atoms. The molecule has 0 aliphatic carbocycles. The summed E-state index contributed by atoms with van der Waals surface area (Å²) in [6.07, 6.45) is 2.07. The van der Waals surface area contributed by atoms with E-state index in [9.17, 15) is 22.8 Å². The number of fused-ring (bicyclic) bond motifs is 1. The highest BCUT2D eigenvalue weighted by molar-refractivity contribution is 7.90. The average Bonchev–Trinajstić information content (AvgIpc) is 2.81. The summed E-state index contributed by atoms with van der Waals surface area (Å²) in [5, 5.41) is 6.06. The monoisotopic (exact) mass is 498 g/mol. The van der Waals surface area contributed by atoms with Crippen LogP contribution >= 0.6 is 0 Å². The van der Waals surface area contributed by atoms with Gasteiger partial charge in [-0.2, -0.15) is 0 Å². The van der Waals surface area contributed by atoms with Crippen molar-refractivity contribution < 1.29 is 18.0 Å². The first-order valence-electron chi connectivity index (χ1n) is 11.4. The lowest BCUT2D eigenvalue weighted by Crippen LogP contribution is -2.39. The fraction of sp³-hybridized carbons (Fsp3) is 0.320. The third kappa shape index (κ3) is 6.48. The smallest absolute Gasteiger partial charge is 0.328 e. The molecule has 3 rings (SSSR count). The molecule has 0 aliphatic rings. The second-order valence-electron chi connectivity index (χ2n) is 8.35. The van der Waals surface area contributed by atoms with Gasteiger partial charge in [-0.05, 0) is 61.0 Å². The molecule has 0 bridgehead atoms. The lowest BCUT2D eigenvalue weighted by Gasteiger charge is -2.11. The summed E-state index contributed by atoms with van der Waals surface area (Å²) in [6.45, 7) is 4.57. The number of carbonyl (C=O) groups is 2. The van der Waals surface area contributed by atoms with Crippen LogP contribution in [0.3, 0.4) is 0 Å². The van der Waals surface area contributed by atoms with Crippen LogP contribution in [0.2, 0.25) is 0 Å². The van der Waals surface area contributed by atoms with Crippen molar-refractivity contribution in [3.05, 3.63) is 75.6 Å². The number of amides is 3. The molecular formula is C25H30N4O5S. The number of benzene rings is 2. The minimum absolute atomic E-state index is 0.0362. The van der Waals surface area contributed by atoms with Crippen molar-refractivity contribution in [1.29, 1.82) is 0 Å². The molecule has 10 heteroatoms. The number of pyridine rings is 1. The lowest BCUT2D eigenvalue weighted by molar-refractivity contribution is 0.0952. The maximum Gasteiger partial charge on any atom is 0.328 e. The summed E-state index contributed by atoms with van der Waals surface area (Å²) < 4.78 is 28.2. The van der Waals surface area contributed by atoms with E-state index in [0.29, 0.717) is 13.0 Å². The molecule has 0 atom stereocenters. The minimum Gasteiger partial charge on any atom is -0.352 e. The van der Waals surface area contributed by atoms with Gasteiger partial charge in [-0.15, -0.1) is 0 Å². The second-order valence-corrected chi connectivity index (χ2v) is 10.0. The zero-order chi connectivity index (χ0) is 25.6. The van der Waals surface area contributed by atoms with Crippen LogP contribution in [0.4, 0.5) is 4.79 Å². The van der Waals surface area contributed by atoms with Crippen LogP contribution in [0.15, 0.2) is 58.2 Å². The van der Waals surface area contributed by atoms with Gasteiger partial charge in [0.05, 0.1) is 10.4 Å². The Morgan fingerprint density at radius 2 is 1.69 bits per heavy atom. The maximum atomic E-state index is 12.7. The Kier molecular flexibility index (Phi) is 8.29. The van der Waals surface area contributed by atoms with E-state index in [1.54, 1.807) is 25.2 Å². The first kappa shape index (κ1) is 26.0. The van der Waals surface area contributed by atoms with Gasteiger partial charge in [-0.3, -0.25) is 9.59 Å². The predicted octanol–water partition coefficient (Wildman–Crippen LogP) is 2.61. The Bertz CT molecular complexity index is 1400. The van der Waals surface area contributed by atoms with E-state index in [4.69, 9.17) is 0 Å². The van der Waals surface area contributed by atoms with Crippen molar-refractivity contribution in [3.8, 4) is 0 Å². The third-order valence-corrected chi connectivity index (χ3v) is 6.95. The van der Waals surface area contributed by atoms with Gasteiger partial charge >= 0.3 is 6.03 Å². The van der Waals surface area contributed by atoms with Crippen molar-refractivity contribution in [1.82, 2.24) is 19.9 Å². The number of hydrogen-bond acceptors (Lipinski definition) is 5. The number of sulfonamides is 1. The van der Waals surface area contributed by atoms with Gasteiger partial charge < -0.3 is 15.2 Å². The zero-order valence-corrected chi connectivity index (χ0v) is 20.9. The average molecular weight is 499 g/mol. The lowest BCUT2D eigenvalue weighted by atomic mass is 10.1. The van der Waals surface area contributed by atoms with Crippen LogP contribution in [-0.2, 0) is 23.5 Å². The van der Waals surface area contributed by atoms with Crippen LogP contribution in [0.5, 0.6) is 0 Å². The molecule has 0 spiro atoms. The Labute approximate surface area is 204 Å². The first-order valence-corrected chi connectivity index (χ1v) is 12.9. The van der Waals surface area contributed by atoms with E-state index in [2.05, 4.69) is 10.6 Å². The van der Waals surface area contributed by atoms with Gasteiger partial charge in [0.15, 0.2) is 0 Å². The standard InChI is InChI=1S/C25H30N4O5S/c1-4-5-13-27-25(32)28-35(33,34)20-9-7-18(8-10-20)12-14-26-23(30)21-16-19-15-17(2)6-11-22(19)29(3)24(21)31/h6-11,15-16H,4-5,12-14H2,1-3H3,(H,26,30)(H2,27,28,32). The van der Waals surface area contributed by atoms with E-state index in [1.165, 1.54) is 16.7 Å². The number of hydrogen-bond donors (Lipinski definition) is 3. The summed E-state index contributed by atoms with van der Waals surface area (Å²) in [6, 6.07) is 12.6. The zero-order valence-electron chi connectivity index (χ0n) is 20.1. The predicted molar refractivity (Wildman–Crippen MR) is 135 cm³/mol. The number of carbonyl (C=O) groups excluding carboxylic acids is 2. The molecule has 9 nitrogen and oxygen atoms in total. The van der Waals surface area contributed by atoms with Crippen LogP contribution in [0.25, 0.3) is 10.9 Å². The van der Waals surface area contributed by atoms with Crippen molar-refractivity contribution in [2.45, 2.75) is 38.0 Å². The van der Waals surface area contributed by atoms with Crippen LogP contribution in [0.1, 0.15) is 41.3 Å². The van der Waals surface area contributed by atoms with Crippen molar-refractivity contribution >= 4 is 32.9 Å². The highest BCUT2D eigenvalue weighted by Crippen LogP contribution is 2.15. The SMILES string of the molecule is CCCCNC(=O)NS(=O)(=O)c1ccc(CCNC(=O)c2cc3cc(C)ccc3n(C)c2=O)cc1. The molecule has 1 heterocycles. The molecule has 0 saturated carbocycles. The number of nitrogens with zero attached hydrogens (tertiary/aromatic N) is 1. The van der Waals surface area contributed by atoms with Gasteiger partial charge in [-0.1, -0.05) is 37.1 Å². The number of aryl methyl sites for hydroxylation is 2. The number of aromatic nitrogens is 1. The number of urea groups is 1. The van der Waals surface area contributed by atoms with Gasteiger partial charge in [0, 0.05) is 20.1 Å². The molecule has 3 aromatic rings. The minimum atomic E-state index is -3.98. The van der Waals surface area contributed by atoms with Crippen LogP contribution < -0.4 is 20.9 Å². The summed E-state index contributed by atoms with van der Waals surface area (Å²) in [5.74, 6) is -0.466. The number of nitrogens with one attached hydrogen (secondary N) is 3. The number of rotatable bonds is 9. The second kappa shape index (κ2) is 11.2. The molecule has 0 radical (unpaired) electrons. The maximum absolute atomic E-state index is 12.7. The molecule has 186 valence electrons. The summed E-state index contributed by atoms with van der Waals surface area (Å²) in [4.78, 5) is 37.0. The molecule has 3 N–H and O–H groups in total. The van der Waals surface area contributed by atoms with Crippen molar-refractivity contribution in [2.75, 3.05) is 13.1 Å². The van der Waals surface area contributed by atoms with Gasteiger partial charge in [0.25, 0.3) is 21.5 Å². The Hall–Kier alpha value is -3.66. The highest BCUT2D eigenvalue weighted by Gasteiger charge is 2.17. The molecule has 2 aromatic carbocycles. The number of unbranched alkanes of at least 4 members (excludes halogenated alkanes) is 1. The summed E-state index contributed by atoms with van der Waals surface area (Å²) in [7, 11) is -2.35. The molecule has 0 fully saturated rings. The van der Waals surface area contributed by atoms with E-state index < -0.39 is 22.0 Å². The normalized spacial score (nSPS) is 11.3. The van der Waals surface area contributed by atoms with Crippen LogP contribution in [0, 0.1) is 6.92 Å². The Morgan fingerprint density at radius 1 is 0.971 bits per heavy atom. The van der Waals surface area contributed by atoms with Crippen molar-refractivity contribution in [3.63, 3.8) is 0 Å². The topological polar surface area (TPSA) is 126 Å². The summed E-state index contributed by atoms with van der Waals surface area (Å²) >= 11 is 0. The Balaban J connectivity index is 1.60. The largest absolute Gasteiger partial charge is 0.352 e. The molecule has 0 aliphatic heterocycles. The van der Waals surface area contributed by atoms with Crippen molar-refractivity contribution in [2.24, 2.45) is 7.05 Å². The van der Waals surface area contributed by atoms with E-state index in [1.807, 2.05) is 36.8 Å².